The van der Waals surface area contributed by atoms with Gasteiger partial charge >= 0.3 is 0 Å². The van der Waals surface area contributed by atoms with Gasteiger partial charge in [-0.15, -0.1) is 0 Å². The summed E-state index contributed by atoms with van der Waals surface area (Å²) in [5, 5.41) is 3.82. The Bertz CT molecular complexity index is 507. The number of hydrogen-bond acceptors (Lipinski definition) is 4. The van der Waals surface area contributed by atoms with Crippen LogP contribution in [0.3, 0.4) is 0 Å². The third-order valence-corrected chi connectivity index (χ3v) is 2.64. The SMILES string of the molecule is Cc1cc(N)nc(NCc2ccccc2Cl)n1. The molecule has 1 aromatic carbocycles. The number of nitrogens with two attached hydrogens (primary N) is 1. The van der Waals surface area contributed by atoms with Gasteiger partial charge in [-0.2, -0.15) is 4.98 Å². The number of aromatic nitrogens is 2. The Balaban J connectivity index is 2.10. The van der Waals surface area contributed by atoms with Crippen LogP contribution in [0.15, 0.2) is 30.3 Å². The van der Waals surface area contributed by atoms with Gasteiger partial charge in [0.1, 0.15) is 5.82 Å². The molecule has 5 heteroatoms. The maximum Gasteiger partial charge on any atom is 0.225 e. The molecule has 0 aliphatic carbocycles. The number of nitrogen functional groups attached to an aromatic ring is 1. The lowest BCUT2D eigenvalue weighted by Gasteiger charge is -2.07. The van der Waals surface area contributed by atoms with Crippen LogP contribution < -0.4 is 11.1 Å². The zero-order chi connectivity index (χ0) is 12.3. The van der Waals surface area contributed by atoms with Crippen molar-refractivity contribution in [1.29, 1.82) is 0 Å². The number of aryl methyl sites for hydroxylation is 1. The molecule has 0 amide bonds. The zero-order valence-electron chi connectivity index (χ0n) is 9.44. The number of nitrogens with one attached hydrogen (secondary N) is 1. The molecule has 4 nitrogen and oxygen atoms in total. The van der Waals surface area contributed by atoms with Gasteiger partial charge in [-0.05, 0) is 18.6 Å². The van der Waals surface area contributed by atoms with E-state index in [9.17, 15) is 0 Å². The van der Waals surface area contributed by atoms with Gasteiger partial charge in [0.05, 0.1) is 0 Å². The fourth-order valence-electron chi connectivity index (χ4n) is 1.49. The molecule has 1 heterocycles. The van der Waals surface area contributed by atoms with Gasteiger partial charge in [0.15, 0.2) is 0 Å². The molecule has 2 aromatic rings. The molecule has 0 spiro atoms. The smallest absolute Gasteiger partial charge is 0.225 e. The fourth-order valence-corrected chi connectivity index (χ4v) is 1.69. The van der Waals surface area contributed by atoms with Gasteiger partial charge in [-0.25, -0.2) is 4.98 Å². The van der Waals surface area contributed by atoms with Crippen molar-refractivity contribution in [2.24, 2.45) is 0 Å². The molecule has 3 N–H and O–H groups in total. The Hall–Kier alpha value is -1.81. The van der Waals surface area contributed by atoms with Gasteiger partial charge in [0.25, 0.3) is 0 Å². The van der Waals surface area contributed by atoms with Crippen LogP contribution in [0.1, 0.15) is 11.3 Å². The van der Waals surface area contributed by atoms with Gasteiger partial charge < -0.3 is 11.1 Å². The van der Waals surface area contributed by atoms with Crippen LogP contribution in [0.5, 0.6) is 0 Å². The number of rotatable bonds is 3. The summed E-state index contributed by atoms with van der Waals surface area (Å²) in [6.07, 6.45) is 0. The Morgan fingerprint density at radius 2 is 2.06 bits per heavy atom. The monoisotopic (exact) mass is 248 g/mol. The second-order valence-electron chi connectivity index (χ2n) is 3.70. The highest BCUT2D eigenvalue weighted by Crippen LogP contribution is 2.16. The highest BCUT2D eigenvalue weighted by molar-refractivity contribution is 6.31. The molecule has 0 aliphatic heterocycles. The maximum absolute atomic E-state index is 6.05. The van der Waals surface area contributed by atoms with Crippen molar-refractivity contribution < 1.29 is 0 Å². The van der Waals surface area contributed by atoms with Gasteiger partial charge in [-0.1, -0.05) is 29.8 Å². The standard InChI is InChI=1S/C12H13ClN4/c1-8-6-11(14)17-12(16-8)15-7-9-4-2-3-5-10(9)13/h2-6H,7H2,1H3,(H3,14,15,16,17). The molecule has 1 aromatic heterocycles. The summed E-state index contributed by atoms with van der Waals surface area (Å²) in [4.78, 5) is 8.32. The Labute approximate surface area is 105 Å². The normalized spacial score (nSPS) is 10.2. The summed E-state index contributed by atoms with van der Waals surface area (Å²) in [7, 11) is 0. The Morgan fingerprint density at radius 1 is 1.29 bits per heavy atom. The second-order valence-corrected chi connectivity index (χ2v) is 4.11. The van der Waals surface area contributed by atoms with Crippen molar-refractivity contribution in [3.05, 3.63) is 46.6 Å². The molecule has 0 unspecified atom stereocenters. The van der Waals surface area contributed by atoms with E-state index in [0.717, 1.165) is 16.3 Å². The minimum atomic E-state index is 0.458. The van der Waals surface area contributed by atoms with E-state index in [1.54, 1.807) is 6.07 Å². The number of hydrogen-bond donors (Lipinski definition) is 2. The molecule has 0 bridgehead atoms. The van der Waals surface area contributed by atoms with E-state index >= 15 is 0 Å². The average Bonchev–Trinajstić information content (AvgIpc) is 2.27. The zero-order valence-corrected chi connectivity index (χ0v) is 10.2. The molecule has 0 saturated carbocycles. The molecule has 0 aliphatic rings. The van der Waals surface area contributed by atoms with Crippen molar-refractivity contribution in [3.8, 4) is 0 Å². The molecule has 0 radical (unpaired) electrons. The summed E-state index contributed by atoms with van der Waals surface area (Å²) < 4.78 is 0. The van der Waals surface area contributed by atoms with E-state index in [1.807, 2.05) is 31.2 Å². The van der Waals surface area contributed by atoms with Crippen LogP contribution in [-0.4, -0.2) is 9.97 Å². The molecular weight excluding hydrogens is 236 g/mol. The van der Waals surface area contributed by atoms with Crippen molar-refractivity contribution in [1.82, 2.24) is 9.97 Å². The van der Waals surface area contributed by atoms with E-state index in [-0.39, 0.29) is 0 Å². The van der Waals surface area contributed by atoms with Crippen molar-refractivity contribution in [2.75, 3.05) is 11.1 Å². The van der Waals surface area contributed by atoms with Crippen LogP contribution in [0, 0.1) is 6.92 Å². The van der Waals surface area contributed by atoms with Crippen LogP contribution in [0.4, 0.5) is 11.8 Å². The highest BCUT2D eigenvalue weighted by Gasteiger charge is 2.02. The second kappa shape index (κ2) is 5.01. The first-order valence-corrected chi connectivity index (χ1v) is 5.61. The maximum atomic E-state index is 6.05. The summed E-state index contributed by atoms with van der Waals surface area (Å²) in [5.74, 6) is 0.974. The minimum absolute atomic E-state index is 0.458. The van der Waals surface area contributed by atoms with Crippen molar-refractivity contribution in [2.45, 2.75) is 13.5 Å². The van der Waals surface area contributed by atoms with Gasteiger partial charge in [0, 0.05) is 23.3 Å². The molecule has 88 valence electrons. The molecule has 0 fully saturated rings. The van der Waals surface area contributed by atoms with E-state index in [2.05, 4.69) is 15.3 Å². The van der Waals surface area contributed by atoms with E-state index in [0.29, 0.717) is 18.3 Å². The molecule has 0 atom stereocenters. The Kier molecular flexibility index (Phi) is 3.44. The number of benzene rings is 1. The minimum Gasteiger partial charge on any atom is -0.384 e. The van der Waals surface area contributed by atoms with Crippen LogP contribution >= 0.6 is 11.6 Å². The summed E-state index contributed by atoms with van der Waals surface area (Å²) in [6, 6.07) is 9.36. The number of halogens is 1. The van der Waals surface area contributed by atoms with E-state index in [4.69, 9.17) is 17.3 Å². The average molecular weight is 249 g/mol. The summed E-state index contributed by atoms with van der Waals surface area (Å²) in [6.45, 7) is 2.45. The number of nitrogens with zero attached hydrogens (tertiary/aromatic N) is 2. The lowest BCUT2D eigenvalue weighted by Crippen LogP contribution is -2.06. The predicted molar refractivity (Wildman–Crippen MR) is 70.0 cm³/mol. The van der Waals surface area contributed by atoms with Crippen LogP contribution in [0.2, 0.25) is 5.02 Å². The third kappa shape index (κ3) is 3.07. The predicted octanol–water partition coefficient (Wildman–Crippen LogP) is 2.63. The van der Waals surface area contributed by atoms with Crippen LogP contribution in [-0.2, 0) is 6.54 Å². The lowest BCUT2D eigenvalue weighted by atomic mass is 10.2. The summed E-state index contributed by atoms with van der Waals surface area (Å²) >= 11 is 6.05. The first-order chi connectivity index (χ1) is 8.15. The van der Waals surface area contributed by atoms with Gasteiger partial charge in [0.2, 0.25) is 5.95 Å². The van der Waals surface area contributed by atoms with Crippen molar-refractivity contribution in [3.63, 3.8) is 0 Å². The fraction of sp³-hybridized carbons (Fsp3) is 0.167. The lowest BCUT2D eigenvalue weighted by molar-refractivity contribution is 1.03. The van der Waals surface area contributed by atoms with Crippen LogP contribution in [0.25, 0.3) is 0 Å². The molecule has 2 rings (SSSR count). The molecule has 0 saturated heterocycles. The largest absolute Gasteiger partial charge is 0.384 e. The topological polar surface area (TPSA) is 63.8 Å². The quantitative estimate of drug-likeness (QED) is 0.877. The summed E-state index contributed by atoms with van der Waals surface area (Å²) in [5.41, 5.74) is 7.47. The third-order valence-electron chi connectivity index (χ3n) is 2.27. The molecule has 17 heavy (non-hydrogen) atoms. The van der Waals surface area contributed by atoms with Crippen molar-refractivity contribution >= 4 is 23.4 Å². The first kappa shape index (κ1) is 11.7. The molecular formula is C12H13ClN4. The highest BCUT2D eigenvalue weighted by atomic mass is 35.5. The van der Waals surface area contributed by atoms with E-state index < -0.39 is 0 Å². The number of anilines is 2. The first-order valence-electron chi connectivity index (χ1n) is 5.23. The van der Waals surface area contributed by atoms with E-state index in [1.165, 1.54) is 0 Å². The Morgan fingerprint density at radius 3 is 2.76 bits per heavy atom. The van der Waals surface area contributed by atoms with Gasteiger partial charge in [-0.3, -0.25) is 0 Å².